The van der Waals surface area contributed by atoms with Crippen LogP contribution in [0.15, 0.2) is 21.4 Å². The van der Waals surface area contributed by atoms with Gasteiger partial charge in [-0.25, -0.2) is 0 Å². The number of hydrogen-bond acceptors (Lipinski definition) is 1. The number of benzene rings is 1. The van der Waals surface area contributed by atoms with Gasteiger partial charge in [0.05, 0.1) is 5.52 Å². The molecule has 1 heterocycles. The van der Waals surface area contributed by atoms with E-state index < -0.39 is 0 Å². The standard InChI is InChI=1S/C14H16BrNO/c1-4-9-6-10(15)7-11-13(9)16-12(5-2)8(3)14(11)17/h6-7H,4-5H2,1-3H3,(H,16,17). The van der Waals surface area contributed by atoms with Crippen LogP contribution in [0.4, 0.5) is 0 Å². The summed E-state index contributed by atoms with van der Waals surface area (Å²) in [5.74, 6) is 0. The zero-order valence-corrected chi connectivity index (χ0v) is 11.9. The lowest BCUT2D eigenvalue weighted by Gasteiger charge is -2.10. The third-order valence-corrected chi connectivity index (χ3v) is 3.69. The summed E-state index contributed by atoms with van der Waals surface area (Å²) in [4.78, 5) is 15.7. The van der Waals surface area contributed by atoms with Crippen molar-refractivity contribution < 1.29 is 0 Å². The van der Waals surface area contributed by atoms with E-state index in [2.05, 4.69) is 40.8 Å². The Morgan fingerprint density at radius 2 is 1.94 bits per heavy atom. The maximum Gasteiger partial charge on any atom is 0.192 e. The minimum atomic E-state index is 0.145. The summed E-state index contributed by atoms with van der Waals surface area (Å²) in [6, 6.07) is 3.98. The van der Waals surface area contributed by atoms with Crippen molar-refractivity contribution in [3.8, 4) is 0 Å². The second-order valence-electron chi connectivity index (χ2n) is 4.25. The smallest absolute Gasteiger partial charge is 0.192 e. The molecule has 0 spiro atoms. The van der Waals surface area contributed by atoms with E-state index in [4.69, 9.17) is 0 Å². The molecule has 0 saturated heterocycles. The van der Waals surface area contributed by atoms with Gasteiger partial charge in [0.15, 0.2) is 5.43 Å². The fourth-order valence-electron chi connectivity index (χ4n) is 2.21. The lowest BCUT2D eigenvalue weighted by molar-refractivity contribution is 1.01. The van der Waals surface area contributed by atoms with Crippen molar-refractivity contribution in [2.75, 3.05) is 0 Å². The summed E-state index contributed by atoms with van der Waals surface area (Å²) in [6.07, 6.45) is 1.77. The van der Waals surface area contributed by atoms with E-state index in [1.807, 2.05) is 13.0 Å². The van der Waals surface area contributed by atoms with Gasteiger partial charge in [-0.2, -0.15) is 0 Å². The molecule has 0 saturated carbocycles. The van der Waals surface area contributed by atoms with Crippen molar-refractivity contribution in [3.63, 3.8) is 0 Å². The summed E-state index contributed by atoms with van der Waals surface area (Å²) >= 11 is 3.47. The fraction of sp³-hybridized carbons (Fsp3) is 0.357. The van der Waals surface area contributed by atoms with E-state index in [0.717, 1.165) is 39.5 Å². The maximum atomic E-state index is 12.3. The monoisotopic (exact) mass is 293 g/mol. The molecule has 0 aliphatic carbocycles. The van der Waals surface area contributed by atoms with Crippen molar-refractivity contribution in [1.29, 1.82) is 0 Å². The van der Waals surface area contributed by atoms with Crippen LogP contribution >= 0.6 is 15.9 Å². The number of halogens is 1. The zero-order valence-electron chi connectivity index (χ0n) is 10.4. The first-order valence-electron chi connectivity index (χ1n) is 5.92. The molecule has 1 N–H and O–H groups in total. The third-order valence-electron chi connectivity index (χ3n) is 3.23. The van der Waals surface area contributed by atoms with Gasteiger partial charge in [0, 0.05) is 21.1 Å². The number of rotatable bonds is 2. The molecule has 0 amide bonds. The van der Waals surface area contributed by atoms with Crippen molar-refractivity contribution in [2.24, 2.45) is 0 Å². The van der Waals surface area contributed by atoms with Gasteiger partial charge in [0.25, 0.3) is 0 Å². The number of nitrogens with one attached hydrogen (secondary N) is 1. The van der Waals surface area contributed by atoms with E-state index in [1.54, 1.807) is 0 Å². The second-order valence-corrected chi connectivity index (χ2v) is 5.17. The highest BCUT2D eigenvalue weighted by Crippen LogP contribution is 2.22. The van der Waals surface area contributed by atoms with Gasteiger partial charge >= 0.3 is 0 Å². The van der Waals surface area contributed by atoms with Crippen molar-refractivity contribution in [1.82, 2.24) is 4.98 Å². The van der Waals surface area contributed by atoms with E-state index in [-0.39, 0.29) is 5.43 Å². The van der Waals surface area contributed by atoms with Gasteiger partial charge in [-0.15, -0.1) is 0 Å². The molecule has 0 unspecified atom stereocenters. The molecular formula is C14H16BrNO. The Morgan fingerprint density at radius 3 is 2.53 bits per heavy atom. The number of aromatic nitrogens is 1. The molecule has 2 aromatic rings. The molecule has 0 aliphatic heterocycles. The molecule has 3 heteroatoms. The first kappa shape index (κ1) is 12.4. The summed E-state index contributed by atoms with van der Waals surface area (Å²) in [7, 11) is 0. The fourth-order valence-corrected chi connectivity index (χ4v) is 2.71. The van der Waals surface area contributed by atoms with Crippen LogP contribution < -0.4 is 5.43 Å². The van der Waals surface area contributed by atoms with Gasteiger partial charge in [-0.1, -0.05) is 29.8 Å². The number of pyridine rings is 1. The summed E-state index contributed by atoms with van der Waals surface area (Å²) in [6.45, 7) is 6.06. The molecule has 2 nitrogen and oxygen atoms in total. The lowest BCUT2D eigenvalue weighted by atomic mass is 10.0. The first-order chi connectivity index (χ1) is 8.08. The van der Waals surface area contributed by atoms with Crippen molar-refractivity contribution in [3.05, 3.63) is 43.6 Å². The number of aromatic amines is 1. The highest BCUT2D eigenvalue weighted by molar-refractivity contribution is 9.10. The average Bonchev–Trinajstić information content (AvgIpc) is 2.33. The van der Waals surface area contributed by atoms with E-state index >= 15 is 0 Å². The van der Waals surface area contributed by atoms with Crippen LogP contribution in [-0.2, 0) is 12.8 Å². The Labute approximate surface area is 109 Å². The van der Waals surface area contributed by atoms with Gasteiger partial charge in [-0.3, -0.25) is 4.79 Å². The van der Waals surface area contributed by atoms with Gasteiger partial charge < -0.3 is 4.98 Å². The topological polar surface area (TPSA) is 32.9 Å². The second kappa shape index (κ2) is 4.65. The van der Waals surface area contributed by atoms with Crippen LogP contribution in [0, 0.1) is 6.92 Å². The molecule has 0 atom stereocenters. The van der Waals surface area contributed by atoms with Gasteiger partial charge in [0.2, 0.25) is 0 Å². The molecule has 0 radical (unpaired) electrons. The predicted octanol–water partition coefficient (Wildman–Crippen LogP) is 3.72. The predicted molar refractivity (Wildman–Crippen MR) is 75.8 cm³/mol. The SMILES string of the molecule is CCc1[nH]c2c(CC)cc(Br)cc2c(=O)c1C. The first-order valence-corrected chi connectivity index (χ1v) is 6.71. The lowest BCUT2D eigenvalue weighted by Crippen LogP contribution is -2.12. The van der Waals surface area contributed by atoms with E-state index in [1.165, 1.54) is 5.56 Å². The molecule has 90 valence electrons. The highest BCUT2D eigenvalue weighted by atomic mass is 79.9. The largest absolute Gasteiger partial charge is 0.358 e. The minimum absolute atomic E-state index is 0.145. The van der Waals surface area contributed by atoms with Crippen LogP contribution in [-0.4, -0.2) is 4.98 Å². The number of H-pyrrole nitrogens is 1. The number of aryl methyl sites for hydroxylation is 2. The molecule has 0 aliphatic rings. The number of hydrogen-bond donors (Lipinski definition) is 1. The van der Waals surface area contributed by atoms with Gasteiger partial charge in [0.1, 0.15) is 0 Å². The van der Waals surface area contributed by atoms with E-state index in [9.17, 15) is 4.79 Å². The normalized spacial score (nSPS) is 11.1. The molecule has 0 fully saturated rings. The van der Waals surface area contributed by atoms with Crippen molar-refractivity contribution in [2.45, 2.75) is 33.6 Å². The Hall–Kier alpha value is -1.09. The quantitative estimate of drug-likeness (QED) is 0.899. The zero-order chi connectivity index (χ0) is 12.6. The van der Waals surface area contributed by atoms with Crippen LogP contribution in [0.25, 0.3) is 10.9 Å². The molecule has 1 aromatic carbocycles. The van der Waals surface area contributed by atoms with E-state index in [0.29, 0.717) is 0 Å². The number of fused-ring (bicyclic) bond motifs is 1. The maximum absolute atomic E-state index is 12.3. The minimum Gasteiger partial charge on any atom is -0.358 e. The van der Waals surface area contributed by atoms with Gasteiger partial charge in [-0.05, 0) is 37.5 Å². The summed E-state index contributed by atoms with van der Waals surface area (Å²) in [5.41, 5.74) is 4.19. The molecule has 0 bridgehead atoms. The van der Waals surface area contributed by atoms with Crippen molar-refractivity contribution >= 4 is 26.8 Å². The Morgan fingerprint density at radius 1 is 1.24 bits per heavy atom. The molecule has 2 rings (SSSR count). The molecule has 1 aromatic heterocycles. The van der Waals surface area contributed by atoms with Crippen LogP contribution in [0.2, 0.25) is 0 Å². The molecule has 17 heavy (non-hydrogen) atoms. The Kier molecular flexibility index (Phi) is 3.38. The average molecular weight is 294 g/mol. The van der Waals surface area contributed by atoms with Crippen LogP contribution in [0.3, 0.4) is 0 Å². The Balaban J connectivity index is 2.96. The molecular weight excluding hydrogens is 278 g/mol. The third kappa shape index (κ3) is 2.04. The van der Waals surface area contributed by atoms with Crippen LogP contribution in [0.1, 0.15) is 30.7 Å². The Bertz CT molecular complexity index is 628. The summed E-state index contributed by atoms with van der Waals surface area (Å²) in [5, 5.41) is 0.783. The van der Waals surface area contributed by atoms with Crippen LogP contribution in [0.5, 0.6) is 0 Å². The summed E-state index contributed by atoms with van der Waals surface area (Å²) < 4.78 is 0.969. The highest BCUT2D eigenvalue weighted by Gasteiger charge is 2.10.